The first-order valence-electron chi connectivity index (χ1n) is 10.3. The molecule has 0 aromatic heterocycles. The second-order valence-electron chi connectivity index (χ2n) is 7.37. The fraction of sp³-hybridized carbons (Fsp3) is 0.636. The van der Waals surface area contributed by atoms with E-state index in [0.717, 1.165) is 44.8 Å². The fourth-order valence-electron chi connectivity index (χ4n) is 3.26. The molecule has 27 heavy (non-hydrogen) atoms. The van der Waals surface area contributed by atoms with Crippen LogP contribution in [0.2, 0.25) is 0 Å². The van der Waals surface area contributed by atoms with Crippen LogP contribution in [0.15, 0.2) is 24.3 Å². The number of Topliss-reactive ketones (excluding diaryl/α,β-unsaturated/α-hetero) is 1. The van der Waals surface area contributed by atoms with E-state index in [-0.39, 0.29) is 24.5 Å². The zero-order valence-corrected chi connectivity index (χ0v) is 16.9. The van der Waals surface area contributed by atoms with Gasteiger partial charge in [0.05, 0.1) is 6.61 Å². The van der Waals surface area contributed by atoms with Crippen molar-refractivity contribution in [1.29, 1.82) is 0 Å². The van der Waals surface area contributed by atoms with Crippen molar-refractivity contribution >= 4 is 11.7 Å². The van der Waals surface area contributed by atoms with Crippen molar-refractivity contribution in [2.24, 2.45) is 0 Å². The molecule has 150 valence electrons. The van der Waals surface area contributed by atoms with Crippen molar-refractivity contribution < 1.29 is 14.3 Å². The number of amides is 1. The molecule has 0 aliphatic carbocycles. The molecular weight excluding hydrogens is 340 g/mol. The minimum absolute atomic E-state index is 0.00817. The molecule has 1 aromatic carbocycles. The zero-order valence-electron chi connectivity index (χ0n) is 16.9. The number of likely N-dealkylation sites (tertiary alicyclic amines) is 1. The predicted octanol–water partition coefficient (Wildman–Crippen LogP) is 3.77. The topological polar surface area (TPSA) is 49.9 Å². The number of benzene rings is 1. The monoisotopic (exact) mass is 374 g/mol. The molecule has 1 aliphatic heterocycles. The van der Waals surface area contributed by atoms with Gasteiger partial charge in [0.2, 0.25) is 5.91 Å². The molecule has 0 unspecified atom stereocenters. The smallest absolute Gasteiger partial charge is 0.222 e. The Kier molecular flexibility index (Phi) is 9.32. The minimum Gasteiger partial charge on any atom is -0.494 e. The molecule has 1 aromatic rings. The third-order valence-corrected chi connectivity index (χ3v) is 5.13. The summed E-state index contributed by atoms with van der Waals surface area (Å²) in [4.78, 5) is 28.7. The summed E-state index contributed by atoms with van der Waals surface area (Å²) in [5.74, 6) is 0.840. The molecule has 0 atom stereocenters. The summed E-state index contributed by atoms with van der Waals surface area (Å²) >= 11 is 0. The van der Waals surface area contributed by atoms with E-state index in [9.17, 15) is 9.59 Å². The molecule has 1 saturated heterocycles. The molecule has 1 fully saturated rings. The van der Waals surface area contributed by atoms with Gasteiger partial charge in [0.25, 0.3) is 0 Å². The Morgan fingerprint density at radius 3 is 2.44 bits per heavy atom. The first-order chi connectivity index (χ1) is 13.1. The van der Waals surface area contributed by atoms with Crippen LogP contribution in [-0.2, 0) is 4.79 Å². The number of carbonyl (C=O) groups excluding carboxylic acids is 2. The third kappa shape index (κ3) is 7.71. The molecule has 1 amide bonds. The van der Waals surface area contributed by atoms with Crippen molar-refractivity contribution in [3.05, 3.63) is 29.8 Å². The van der Waals surface area contributed by atoms with Gasteiger partial charge in [-0.25, -0.2) is 0 Å². The van der Waals surface area contributed by atoms with Crippen LogP contribution in [-0.4, -0.2) is 61.3 Å². The molecule has 0 saturated carbocycles. The number of hydrogen-bond acceptors (Lipinski definition) is 4. The maximum atomic E-state index is 12.3. The first-order valence-corrected chi connectivity index (χ1v) is 10.3. The van der Waals surface area contributed by atoms with Crippen LogP contribution in [0.1, 0.15) is 62.2 Å². The van der Waals surface area contributed by atoms with Gasteiger partial charge in [-0.15, -0.1) is 0 Å². The van der Waals surface area contributed by atoms with E-state index in [2.05, 4.69) is 11.8 Å². The highest BCUT2D eigenvalue weighted by Crippen LogP contribution is 2.15. The maximum Gasteiger partial charge on any atom is 0.222 e. The number of carbonyl (C=O) groups is 2. The summed E-state index contributed by atoms with van der Waals surface area (Å²) in [6.45, 7) is 6.81. The van der Waals surface area contributed by atoms with Crippen molar-refractivity contribution in [2.45, 2.75) is 51.9 Å². The van der Waals surface area contributed by atoms with Gasteiger partial charge in [-0.3, -0.25) is 9.59 Å². The molecule has 1 aliphatic rings. The average molecular weight is 375 g/mol. The largest absolute Gasteiger partial charge is 0.494 e. The second kappa shape index (κ2) is 11.8. The standard InChI is InChI=1S/C22H34N2O3/c1-3-4-7-18-27-20-10-8-19(9-11-20)21(25)12-13-22(26)23(2)16-17-24-14-5-6-15-24/h8-11H,3-7,12-18H2,1-2H3. The molecule has 5 heteroatoms. The Hall–Kier alpha value is -1.88. The van der Waals surface area contributed by atoms with E-state index in [1.54, 1.807) is 17.0 Å². The van der Waals surface area contributed by atoms with Crippen LogP contribution in [0.3, 0.4) is 0 Å². The lowest BCUT2D eigenvalue weighted by molar-refractivity contribution is -0.130. The van der Waals surface area contributed by atoms with Crippen molar-refractivity contribution in [3.63, 3.8) is 0 Å². The van der Waals surface area contributed by atoms with Gasteiger partial charge in [-0.1, -0.05) is 19.8 Å². The highest BCUT2D eigenvalue weighted by atomic mass is 16.5. The summed E-state index contributed by atoms with van der Waals surface area (Å²) in [6.07, 6.45) is 6.42. The summed E-state index contributed by atoms with van der Waals surface area (Å²) < 4.78 is 5.67. The summed E-state index contributed by atoms with van der Waals surface area (Å²) in [5, 5.41) is 0. The SMILES string of the molecule is CCCCCOc1ccc(C(=O)CCC(=O)N(C)CCN2CCCC2)cc1. The lowest BCUT2D eigenvalue weighted by Gasteiger charge is -2.21. The molecule has 0 bridgehead atoms. The zero-order chi connectivity index (χ0) is 19.5. The van der Waals surface area contributed by atoms with Crippen LogP contribution >= 0.6 is 0 Å². The second-order valence-corrected chi connectivity index (χ2v) is 7.37. The summed E-state index contributed by atoms with van der Waals surface area (Å²) in [6, 6.07) is 7.25. The Morgan fingerprint density at radius 1 is 1.07 bits per heavy atom. The third-order valence-electron chi connectivity index (χ3n) is 5.13. The Balaban J connectivity index is 1.68. The lowest BCUT2D eigenvalue weighted by atomic mass is 10.1. The van der Waals surface area contributed by atoms with Crippen LogP contribution in [0.4, 0.5) is 0 Å². The molecule has 1 heterocycles. The highest BCUT2D eigenvalue weighted by Gasteiger charge is 2.16. The van der Waals surface area contributed by atoms with Crippen molar-refractivity contribution in [1.82, 2.24) is 9.80 Å². The Morgan fingerprint density at radius 2 is 1.78 bits per heavy atom. The first kappa shape index (κ1) is 21.4. The molecule has 0 spiro atoms. The molecule has 5 nitrogen and oxygen atoms in total. The number of ether oxygens (including phenoxy) is 1. The van der Waals surface area contributed by atoms with E-state index in [1.807, 2.05) is 19.2 Å². The van der Waals surface area contributed by atoms with E-state index >= 15 is 0 Å². The number of unbranched alkanes of at least 4 members (excludes halogenated alkanes) is 2. The van der Waals surface area contributed by atoms with Crippen LogP contribution in [0, 0.1) is 0 Å². The number of rotatable bonds is 12. The van der Waals surface area contributed by atoms with Crippen LogP contribution < -0.4 is 4.74 Å². The Labute approximate surface area is 163 Å². The molecule has 2 rings (SSSR count). The predicted molar refractivity (Wildman–Crippen MR) is 108 cm³/mol. The molecule has 0 N–H and O–H groups in total. The summed E-state index contributed by atoms with van der Waals surface area (Å²) in [5.41, 5.74) is 0.642. The normalized spacial score (nSPS) is 14.3. The highest BCUT2D eigenvalue weighted by molar-refractivity contribution is 5.98. The maximum absolute atomic E-state index is 12.3. The number of ketones is 1. The Bertz CT molecular complexity index is 580. The molecule has 0 radical (unpaired) electrons. The van der Waals surface area contributed by atoms with Crippen molar-refractivity contribution in [2.75, 3.05) is 39.8 Å². The van der Waals surface area contributed by atoms with Gasteiger partial charge in [0, 0.05) is 38.5 Å². The van der Waals surface area contributed by atoms with E-state index < -0.39 is 0 Å². The van der Waals surface area contributed by atoms with E-state index in [0.29, 0.717) is 12.2 Å². The number of nitrogens with zero attached hydrogens (tertiary/aromatic N) is 2. The van der Waals surface area contributed by atoms with Gasteiger partial charge in [0.1, 0.15) is 5.75 Å². The van der Waals surface area contributed by atoms with Gasteiger partial charge in [-0.05, 0) is 56.6 Å². The summed E-state index contributed by atoms with van der Waals surface area (Å²) in [7, 11) is 1.83. The number of hydrogen-bond donors (Lipinski definition) is 0. The van der Waals surface area contributed by atoms with E-state index in [1.165, 1.54) is 19.3 Å². The lowest BCUT2D eigenvalue weighted by Crippen LogP contribution is -2.35. The quantitative estimate of drug-likeness (QED) is 0.413. The van der Waals surface area contributed by atoms with Crippen molar-refractivity contribution in [3.8, 4) is 5.75 Å². The molecular formula is C22H34N2O3. The average Bonchev–Trinajstić information content (AvgIpc) is 3.21. The fourth-order valence-corrected chi connectivity index (χ4v) is 3.26. The van der Waals surface area contributed by atoms with Crippen LogP contribution in [0.25, 0.3) is 0 Å². The van der Waals surface area contributed by atoms with Gasteiger partial charge in [-0.2, -0.15) is 0 Å². The van der Waals surface area contributed by atoms with Gasteiger partial charge >= 0.3 is 0 Å². The number of likely N-dealkylation sites (N-methyl/N-ethyl adjacent to an activating group) is 1. The van der Waals surface area contributed by atoms with E-state index in [4.69, 9.17) is 4.74 Å². The van der Waals surface area contributed by atoms with Crippen LogP contribution in [0.5, 0.6) is 5.75 Å². The van der Waals surface area contributed by atoms with Gasteiger partial charge in [0.15, 0.2) is 5.78 Å². The van der Waals surface area contributed by atoms with Gasteiger partial charge < -0.3 is 14.5 Å². The minimum atomic E-state index is 0.00817.